The average molecular weight is 506 g/mol. The largest absolute Gasteiger partial charge is 0.383 e. The van der Waals surface area contributed by atoms with E-state index in [0.29, 0.717) is 24.7 Å². The first kappa shape index (κ1) is 25.9. The van der Waals surface area contributed by atoms with Gasteiger partial charge in [0.2, 0.25) is 5.91 Å². The summed E-state index contributed by atoms with van der Waals surface area (Å²) in [5.74, 6) is -0.0238. The molecule has 190 valence electrons. The monoisotopic (exact) mass is 505 g/mol. The molecule has 0 bridgehead atoms. The number of anilines is 1. The molecule has 0 saturated carbocycles. The fourth-order valence-corrected chi connectivity index (χ4v) is 5.36. The summed E-state index contributed by atoms with van der Waals surface area (Å²) in [6.07, 6.45) is 3.00. The van der Waals surface area contributed by atoms with Gasteiger partial charge < -0.3 is 24.8 Å². The number of nitrogens with one attached hydrogen (secondary N) is 2. The average Bonchev–Trinajstić information content (AvgIpc) is 3.36. The van der Waals surface area contributed by atoms with Crippen LogP contribution in [0, 0.1) is 13.8 Å². The van der Waals surface area contributed by atoms with Gasteiger partial charge >= 0.3 is 0 Å². The molecule has 1 amide bonds. The molecule has 1 saturated heterocycles. The Kier molecular flexibility index (Phi) is 8.38. The number of hydrogen-bond acceptors (Lipinski definition) is 4. The number of ether oxygens (including phenoxy) is 1. The Morgan fingerprint density at radius 2 is 1.94 bits per heavy atom. The molecule has 2 atom stereocenters. The van der Waals surface area contributed by atoms with Gasteiger partial charge in [0.05, 0.1) is 24.4 Å². The quantitative estimate of drug-likeness (QED) is 0.389. The van der Waals surface area contributed by atoms with Crippen molar-refractivity contribution < 1.29 is 9.53 Å². The van der Waals surface area contributed by atoms with Crippen molar-refractivity contribution in [1.29, 1.82) is 0 Å². The third kappa shape index (κ3) is 5.44. The van der Waals surface area contributed by atoms with Crippen molar-refractivity contribution in [3.63, 3.8) is 0 Å². The number of carbonyl (C=O) groups excluding carboxylic acids is 1. The Hall–Kier alpha value is -3.23. The van der Waals surface area contributed by atoms with Gasteiger partial charge in [-0.25, -0.2) is 0 Å². The summed E-state index contributed by atoms with van der Waals surface area (Å²) in [6, 6.07) is 15.9. The highest BCUT2D eigenvalue weighted by molar-refractivity contribution is 7.80. The van der Waals surface area contributed by atoms with Gasteiger partial charge in [-0.05, 0) is 67.9 Å². The van der Waals surface area contributed by atoms with Gasteiger partial charge in [-0.3, -0.25) is 9.78 Å². The highest BCUT2D eigenvalue weighted by Crippen LogP contribution is 2.40. The molecular formula is C28H35N5O2S. The van der Waals surface area contributed by atoms with Crippen LogP contribution in [0.1, 0.15) is 53.6 Å². The molecule has 4 rings (SSSR count). The van der Waals surface area contributed by atoms with E-state index in [-0.39, 0.29) is 18.0 Å². The molecule has 1 fully saturated rings. The second-order valence-electron chi connectivity index (χ2n) is 9.10. The van der Waals surface area contributed by atoms with Gasteiger partial charge in [0.1, 0.15) is 0 Å². The Morgan fingerprint density at radius 1 is 1.17 bits per heavy atom. The molecule has 0 spiro atoms. The molecule has 3 heterocycles. The van der Waals surface area contributed by atoms with Crippen LogP contribution in [0.3, 0.4) is 0 Å². The molecule has 2 N–H and O–H groups in total. The third-order valence-corrected chi connectivity index (χ3v) is 7.25. The maximum Gasteiger partial charge on any atom is 0.226 e. The molecule has 1 aromatic carbocycles. The number of methoxy groups -OCH3 is 1. The van der Waals surface area contributed by atoms with Gasteiger partial charge in [-0.2, -0.15) is 0 Å². The minimum absolute atomic E-state index is 0.0238. The molecule has 36 heavy (non-hydrogen) atoms. The molecular weight excluding hydrogens is 470 g/mol. The van der Waals surface area contributed by atoms with E-state index in [1.54, 1.807) is 13.3 Å². The highest BCUT2D eigenvalue weighted by atomic mass is 32.1. The standard InChI is InChI=1S/C28H35N5O2S/c1-5-21-10-6-7-11-23(21)30-25(34)13-15-33-27(22-18-19(2)32(20(22)3)16-17-35-4)26(31-28(33)36)24-12-8-9-14-29-24/h6-12,14,18,26-27H,5,13,15-17H2,1-4H3,(H,30,34)(H,31,36)/t26-,27-/m1/s1. The number of aryl methyl sites for hydroxylation is 2. The topological polar surface area (TPSA) is 71.4 Å². The SMILES string of the molecule is CCc1ccccc1NC(=O)CCN1C(=S)N[C@H](c2ccccn2)[C@H]1c1cc(C)n(CCOC)c1C. The van der Waals surface area contributed by atoms with Crippen LogP contribution in [0.4, 0.5) is 5.69 Å². The first-order chi connectivity index (χ1) is 17.4. The summed E-state index contributed by atoms with van der Waals surface area (Å²) < 4.78 is 7.61. The van der Waals surface area contributed by atoms with E-state index in [1.807, 2.05) is 42.5 Å². The summed E-state index contributed by atoms with van der Waals surface area (Å²) in [4.78, 5) is 19.7. The van der Waals surface area contributed by atoms with Crippen LogP contribution >= 0.6 is 12.2 Å². The normalized spacial score (nSPS) is 17.3. The zero-order chi connectivity index (χ0) is 25.7. The van der Waals surface area contributed by atoms with Gasteiger partial charge in [-0.1, -0.05) is 31.2 Å². The number of benzene rings is 1. The number of carbonyl (C=O) groups is 1. The lowest BCUT2D eigenvalue weighted by Crippen LogP contribution is -2.33. The number of aromatic nitrogens is 2. The first-order valence-electron chi connectivity index (χ1n) is 12.5. The van der Waals surface area contributed by atoms with Crippen molar-refractivity contribution >= 4 is 28.9 Å². The fourth-order valence-electron chi connectivity index (χ4n) is 5.02. The number of rotatable bonds is 10. The maximum absolute atomic E-state index is 13.0. The Balaban J connectivity index is 1.60. The molecule has 0 unspecified atom stereocenters. The lowest BCUT2D eigenvalue weighted by Gasteiger charge is -2.28. The molecule has 1 aliphatic rings. The van der Waals surface area contributed by atoms with Crippen molar-refractivity contribution in [2.75, 3.05) is 25.6 Å². The van der Waals surface area contributed by atoms with Crippen molar-refractivity contribution in [2.45, 2.75) is 52.2 Å². The number of nitrogens with zero attached hydrogens (tertiary/aromatic N) is 3. The van der Waals surface area contributed by atoms with Crippen LogP contribution in [0.5, 0.6) is 0 Å². The summed E-state index contributed by atoms with van der Waals surface area (Å²) >= 11 is 5.80. The van der Waals surface area contributed by atoms with E-state index in [1.165, 1.54) is 17.0 Å². The van der Waals surface area contributed by atoms with E-state index < -0.39 is 0 Å². The number of hydrogen-bond donors (Lipinski definition) is 2. The molecule has 3 aromatic rings. The zero-order valence-electron chi connectivity index (χ0n) is 21.5. The van der Waals surface area contributed by atoms with Crippen LogP contribution in [0.25, 0.3) is 0 Å². The maximum atomic E-state index is 13.0. The fraction of sp³-hybridized carbons (Fsp3) is 0.393. The van der Waals surface area contributed by atoms with Crippen LogP contribution in [-0.4, -0.2) is 45.7 Å². The number of amides is 1. The predicted octanol–water partition coefficient (Wildman–Crippen LogP) is 4.71. The van der Waals surface area contributed by atoms with E-state index >= 15 is 0 Å². The van der Waals surface area contributed by atoms with Crippen LogP contribution in [-0.2, 0) is 22.5 Å². The second kappa shape index (κ2) is 11.7. The van der Waals surface area contributed by atoms with Gasteiger partial charge in [0.15, 0.2) is 5.11 Å². The smallest absolute Gasteiger partial charge is 0.226 e. The third-order valence-electron chi connectivity index (χ3n) is 6.90. The van der Waals surface area contributed by atoms with Crippen LogP contribution in [0.15, 0.2) is 54.7 Å². The van der Waals surface area contributed by atoms with Crippen molar-refractivity contribution in [1.82, 2.24) is 19.8 Å². The van der Waals surface area contributed by atoms with Crippen molar-refractivity contribution in [3.05, 3.63) is 82.9 Å². The molecule has 2 aromatic heterocycles. The van der Waals surface area contributed by atoms with Crippen LogP contribution < -0.4 is 10.6 Å². The summed E-state index contributed by atoms with van der Waals surface area (Å²) in [7, 11) is 1.72. The lowest BCUT2D eigenvalue weighted by molar-refractivity contribution is -0.116. The number of para-hydroxylation sites is 1. The summed E-state index contributed by atoms with van der Waals surface area (Å²) in [5, 5.41) is 7.21. The number of thiocarbonyl (C=S) groups is 1. The molecule has 7 nitrogen and oxygen atoms in total. The molecule has 8 heteroatoms. The molecule has 0 aliphatic carbocycles. The molecule has 0 radical (unpaired) electrons. The minimum atomic E-state index is -0.112. The first-order valence-corrected chi connectivity index (χ1v) is 12.9. The van der Waals surface area contributed by atoms with Crippen molar-refractivity contribution in [3.8, 4) is 0 Å². The van der Waals surface area contributed by atoms with E-state index in [2.05, 4.69) is 51.9 Å². The zero-order valence-corrected chi connectivity index (χ0v) is 22.3. The van der Waals surface area contributed by atoms with Crippen molar-refractivity contribution in [2.24, 2.45) is 0 Å². The van der Waals surface area contributed by atoms with Crippen LogP contribution in [0.2, 0.25) is 0 Å². The lowest BCUT2D eigenvalue weighted by atomic mass is 9.96. The number of pyridine rings is 1. The van der Waals surface area contributed by atoms with E-state index in [0.717, 1.165) is 29.9 Å². The highest BCUT2D eigenvalue weighted by Gasteiger charge is 2.41. The Bertz CT molecular complexity index is 1210. The Morgan fingerprint density at radius 3 is 2.67 bits per heavy atom. The van der Waals surface area contributed by atoms with Gasteiger partial charge in [-0.15, -0.1) is 0 Å². The Labute approximate surface area is 218 Å². The summed E-state index contributed by atoms with van der Waals surface area (Å²) in [6.45, 7) is 8.27. The minimum Gasteiger partial charge on any atom is -0.383 e. The predicted molar refractivity (Wildman–Crippen MR) is 147 cm³/mol. The van der Waals surface area contributed by atoms with Gasteiger partial charge in [0, 0.05) is 49.9 Å². The van der Waals surface area contributed by atoms with E-state index in [9.17, 15) is 4.79 Å². The van der Waals surface area contributed by atoms with Gasteiger partial charge in [0.25, 0.3) is 0 Å². The summed E-state index contributed by atoms with van der Waals surface area (Å²) in [5.41, 5.74) is 6.45. The van der Waals surface area contributed by atoms with E-state index in [4.69, 9.17) is 17.0 Å². The molecule has 1 aliphatic heterocycles. The second-order valence-corrected chi connectivity index (χ2v) is 9.49.